The van der Waals surface area contributed by atoms with Gasteiger partial charge >= 0.3 is 6.18 Å². The Morgan fingerprint density at radius 1 is 1.29 bits per heavy atom. The quantitative estimate of drug-likeness (QED) is 0.608. The molecule has 3 aromatic rings. The van der Waals surface area contributed by atoms with Gasteiger partial charge in [-0.25, -0.2) is 0 Å². The number of ether oxygens (including phenoxy) is 1. The van der Waals surface area contributed by atoms with Gasteiger partial charge in [-0.05, 0) is 37.6 Å². The number of aryl methyl sites for hydroxylation is 2. The summed E-state index contributed by atoms with van der Waals surface area (Å²) in [6.45, 7) is 3.19. The number of aromatic amines is 1. The van der Waals surface area contributed by atoms with E-state index < -0.39 is 23.5 Å². The van der Waals surface area contributed by atoms with Crippen LogP contribution in [0.5, 0.6) is 5.75 Å². The van der Waals surface area contributed by atoms with Crippen molar-refractivity contribution in [3.05, 3.63) is 63.8 Å². The molecule has 0 aliphatic rings. The van der Waals surface area contributed by atoms with Gasteiger partial charge < -0.3 is 14.5 Å². The molecule has 1 aromatic carbocycles. The predicted molar refractivity (Wildman–Crippen MR) is 95.5 cm³/mol. The highest BCUT2D eigenvalue weighted by Gasteiger charge is 2.38. The number of nitrogens with zero attached hydrogens (tertiary/aromatic N) is 1. The number of rotatable bonds is 5. The van der Waals surface area contributed by atoms with Crippen LogP contribution in [0.1, 0.15) is 33.3 Å². The first-order valence-corrected chi connectivity index (χ1v) is 8.44. The summed E-state index contributed by atoms with van der Waals surface area (Å²) in [5.74, 6) is -0.210. The average Bonchev–Trinajstić information content (AvgIpc) is 3.21. The van der Waals surface area contributed by atoms with Crippen LogP contribution in [-0.4, -0.2) is 16.1 Å². The van der Waals surface area contributed by atoms with Gasteiger partial charge in [-0.1, -0.05) is 23.7 Å². The molecule has 0 bridgehead atoms. The summed E-state index contributed by atoms with van der Waals surface area (Å²) in [5, 5.41) is 8.01. The van der Waals surface area contributed by atoms with Gasteiger partial charge in [0.2, 0.25) is 0 Å². The number of hydrogen-bond acceptors (Lipinski definition) is 4. The minimum Gasteiger partial charge on any atom is -0.484 e. The third kappa shape index (κ3) is 4.14. The van der Waals surface area contributed by atoms with Gasteiger partial charge in [-0.2, -0.15) is 18.3 Å². The molecule has 28 heavy (non-hydrogen) atoms. The maximum absolute atomic E-state index is 13.0. The number of alkyl halides is 3. The van der Waals surface area contributed by atoms with Crippen LogP contribution in [0.15, 0.2) is 34.7 Å². The Kier molecular flexibility index (Phi) is 5.37. The lowest BCUT2D eigenvalue weighted by molar-refractivity contribution is -0.140. The number of H-pyrrole nitrogens is 1. The Bertz CT molecular complexity index is 991. The molecule has 0 atom stereocenters. The van der Waals surface area contributed by atoms with Crippen molar-refractivity contribution in [2.24, 2.45) is 0 Å². The molecule has 0 unspecified atom stereocenters. The van der Waals surface area contributed by atoms with Crippen molar-refractivity contribution in [3.63, 3.8) is 0 Å². The van der Waals surface area contributed by atoms with Gasteiger partial charge in [0.05, 0.1) is 16.4 Å². The van der Waals surface area contributed by atoms with E-state index in [9.17, 15) is 18.0 Å². The van der Waals surface area contributed by atoms with Crippen LogP contribution in [0, 0.1) is 13.8 Å². The van der Waals surface area contributed by atoms with E-state index in [1.54, 1.807) is 12.1 Å². The highest BCUT2D eigenvalue weighted by Crippen LogP contribution is 2.35. The highest BCUT2D eigenvalue weighted by molar-refractivity contribution is 6.32. The lowest BCUT2D eigenvalue weighted by Gasteiger charge is -2.09. The molecule has 0 saturated carbocycles. The number of hydrogen-bond donors (Lipinski definition) is 2. The molecule has 0 aliphatic heterocycles. The van der Waals surface area contributed by atoms with Gasteiger partial charge in [0.1, 0.15) is 18.1 Å². The second-order valence-corrected chi connectivity index (χ2v) is 6.37. The SMILES string of the molecule is Cc1cccc(Cl)c1OCc1ccc(C(=O)Nc2c(C(F)(F)F)n[nH]c2C)o1. The Balaban J connectivity index is 1.71. The first kappa shape index (κ1) is 19.8. The van der Waals surface area contributed by atoms with Crippen LogP contribution in [0.25, 0.3) is 0 Å². The van der Waals surface area contributed by atoms with Gasteiger partial charge in [0.15, 0.2) is 11.5 Å². The third-order valence-corrected chi connectivity index (χ3v) is 4.16. The van der Waals surface area contributed by atoms with Crippen molar-refractivity contribution >= 4 is 23.2 Å². The van der Waals surface area contributed by atoms with E-state index in [1.165, 1.54) is 19.1 Å². The Morgan fingerprint density at radius 2 is 2.04 bits per heavy atom. The smallest absolute Gasteiger partial charge is 0.437 e. The van der Waals surface area contributed by atoms with Crippen molar-refractivity contribution in [1.29, 1.82) is 0 Å². The fraction of sp³-hybridized carbons (Fsp3) is 0.222. The number of nitrogens with one attached hydrogen (secondary N) is 2. The number of benzene rings is 1. The number of aromatic nitrogens is 2. The average molecular weight is 414 g/mol. The number of furan rings is 1. The van der Waals surface area contributed by atoms with Gasteiger partial charge in [0, 0.05) is 0 Å². The second-order valence-electron chi connectivity index (χ2n) is 5.96. The minimum absolute atomic E-state index is 0.00358. The number of carbonyl (C=O) groups is 1. The lowest BCUT2D eigenvalue weighted by atomic mass is 10.2. The molecule has 1 amide bonds. The molecule has 3 rings (SSSR count). The maximum atomic E-state index is 13.0. The summed E-state index contributed by atoms with van der Waals surface area (Å²) in [7, 11) is 0. The molecule has 0 radical (unpaired) electrons. The molecule has 2 N–H and O–H groups in total. The van der Waals surface area contributed by atoms with Crippen LogP contribution in [0.2, 0.25) is 5.02 Å². The molecule has 0 spiro atoms. The van der Waals surface area contributed by atoms with E-state index in [4.69, 9.17) is 20.8 Å². The van der Waals surface area contributed by atoms with Crippen molar-refractivity contribution in [2.75, 3.05) is 5.32 Å². The van der Waals surface area contributed by atoms with E-state index >= 15 is 0 Å². The van der Waals surface area contributed by atoms with Crippen molar-refractivity contribution < 1.29 is 27.1 Å². The Labute approximate surface area is 162 Å². The van der Waals surface area contributed by atoms with Crippen LogP contribution < -0.4 is 10.1 Å². The summed E-state index contributed by atoms with van der Waals surface area (Å²) in [6, 6.07) is 8.13. The number of carbonyl (C=O) groups excluding carboxylic acids is 1. The van der Waals surface area contributed by atoms with Gasteiger partial charge in [-0.15, -0.1) is 0 Å². The molecular formula is C18H15ClF3N3O3. The highest BCUT2D eigenvalue weighted by atomic mass is 35.5. The minimum atomic E-state index is -4.71. The zero-order valence-electron chi connectivity index (χ0n) is 14.8. The Morgan fingerprint density at radius 3 is 2.71 bits per heavy atom. The van der Waals surface area contributed by atoms with Crippen LogP contribution in [0.3, 0.4) is 0 Å². The molecule has 0 aliphatic carbocycles. The van der Waals surface area contributed by atoms with Crippen LogP contribution in [-0.2, 0) is 12.8 Å². The van der Waals surface area contributed by atoms with E-state index in [-0.39, 0.29) is 18.1 Å². The fourth-order valence-electron chi connectivity index (χ4n) is 2.48. The number of halogens is 4. The summed E-state index contributed by atoms with van der Waals surface area (Å²) < 4.78 is 49.9. The molecule has 0 saturated heterocycles. The lowest BCUT2D eigenvalue weighted by Crippen LogP contribution is -2.16. The molecule has 148 valence electrons. The molecule has 10 heteroatoms. The second kappa shape index (κ2) is 7.59. The molecule has 2 heterocycles. The standard InChI is InChI=1S/C18H15ClF3N3O3/c1-9-4-3-5-12(19)15(9)27-8-11-6-7-13(28-11)17(26)23-14-10(2)24-25-16(14)18(20,21)22/h3-7H,8H2,1-2H3,(H,23,26)(H,24,25). The molecule has 2 aromatic heterocycles. The predicted octanol–water partition coefficient (Wildman–Crippen LogP) is 5.12. The largest absolute Gasteiger partial charge is 0.484 e. The van der Waals surface area contributed by atoms with E-state index in [0.717, 1.165) is 5.56 Å². The monoisotopic (exact) mass is 413 g/mol. The number of para-hydroxylation sites is 1. The summed E-state index contributed by atoms with van der Waals surface area (Å²) in [4.78, 5) is 12.3. The van der Waals surface area contributed by atoms with Crippen molar-refractivity contribution in [1.82, 2.24) is 10.2 Å². The zero-order valence-corrected chi connectivity index (χ0v) is 15.5. The van der Waals surface area contributed by atoms with Crippen LogP contribution >= 0.6 is 11.6 Å². The van der Waals surface area contributed by atoms with E-state index in [0.29, 0.717) is 16.5 Å². The first-order chi connectivity index (χ1) is 13.2. The zero-order chi connectivity index (χ0) is 20.5. The molecular weight excluding hydrogens is 399 g/mol. The Hall–Kier alpha value is -2.94. The molecule has 0 fully saturated rings. The van der Waals surface area contributed by atoms with E-state index in [1.807, 2.05) is 13.0 Å². The van der Waals surface area contributed by atoms with E-state index in [2.05, 4.69) is 15.5 Å². The van der Waals surface area contributed by atoms with Crippen LogP contribution in [0.4, 0.5) is 18.9 Å². The number of anilines is 1. The van der Waals surface area contributed by atoms with Gasteiger partial charge in [-0.3, -0.25) is 9.89 Å². The first-order valence-electron chi connectivity index (χ1n) is 8.07. The number of amides is 1. The van der Waals surface area contributed by atoms with Crippen molar-refractivity contribution in [2.45, 2.75) is 26.6 Å². The molecule has 6 nitrogen and oxygen atoms in total. The summed E-state index contributed by atoms with van der Waals surface area (Å²) in [6.07, 6.45) is -4.71. The van der Waals surface area contributed by atoms with Gasteiger partial charge in [0.25, 0.3) is 5.91 Å². The summed E-state index contributed by atoms with van der Waals surface area (Å²) >= 11 is 6.08. The summed E-state index contributed by atoms with van der Waals surface area (Å²) in [5.41, 5.74) is -0.752. The topological polar surface area (TPSA) is 80.1 Å². The fourth-order valence-corrected chi connectivity index (χ4v) is 2.76. The third-order valence-electron chi connectivity index (χ3n) is 3.86. The normalized spacial score (nSPS) is 11.5. The maximum Gasteiger partial charge on any atom is 0.437 e. The van der Waals surface area contributed by atoms with Crippen molar-refractivity contribution in [3.8, 4) is 5.75 Å².